The SMILES string of the molecule is C=C(Br)CNC(=S)c1cccs1. The number of halogens is 1. The normalized spacial score (nSPS) is 9.42. The molecule has 0 atom stereocenters. The molecule has 0 spiro atoms. The molecule has 12 heavy (non-hydrogen) atoms. The largest absolute Gasteiger partial charge is 0.371 e. The number of thiophene rings is 1. The van der Waals surface area contributed by atoms with Gasteiger partial charge in [-0.2, -0.15) is 0 Å². The zero-order chi connectivity index (χ0) is 8.97. The predicted molar refractivity (Wildman–Crippen MR) is 62.1 cm³/mol. The fourth-order valence-electron chi connectivity index (χ4n) is 0.671. The minimum absolute atomic E-state index is 0.677. The zero-order valence-electron chi connectivity index (χ0n) is 6.34. The Morgan fingerprint density at radius 2 is 2.50 bits per heavy atom. The quantitative estimate of drug-likeness (QED) is 0.840. The highest BCUT2D eigenvalue weighted by atomic mass is 79.9. The summed E-state index contributed by atoms with van der Waals surface area (Å²) in [7, 11) is 0. The fourth-order valence-corrected chi connectivity index (χ4v) is 1.74. The first-order chi connectivity index (χ1) is 5.70. The first-order valence-corrected chi connectivity index (χ1v) is 5.43. The van der Waals surface area contributed by atoms with Crippen molar-refractivity contribution in [2.24, 2.45) is 0 Å². The van der Waals surface area contributed by atoms with E-state index in [2.05, 4.69) is 27.8 Å². The van der Waals surface area contributed by atoms with Crippen LogP contribution in [0, 0.1) is 0 Å². The molecule has 0 aromatic carbocycles. The van der Waals surface area contributed by atoms with E-state index in [1.807, 2.05) is 17.5 Å². The van der Waals surface area contributed by atoms with E-state index >= 15 is 0 Å². The van der Waals surface area contributed by atoms with Gasteiger partial charge in [0.1, 0.15) is 4.99 Å². The first kappa shape index (κ1) is 9.89. The summed E-state index contributed by atoms with van der Waals surface area (Å²) < 4.78 is 0.904. The van der Waals surface area contributed by atoms with Gasteiger partial charge >= 0.3 is 0 Å². The third kappa shape index (κ3) is 3.05. The van der Waals surface area contributed by atoms with Gasteiger partial charge in [-0.05, 0) is 11.4 Å². The summed E-state index contributed by atoms with van der Waals surface area (Å²) in [5.41, 5.74) is 0. The maximum atomic E-state index is 5.13. The molecule has 1 aromatic heterocycles. The van der Waals surface area contributed by atoms with Gasteiger partial charge in [0.15, 0.2) is 0 Å². The van der Waals surface area contributed by atoms with Crippen molar-refractivity contribution in [2.45, 2.75) is 0 Å². The molecule has 1 rings (SSSR count). The van der Waals surface area contributed by atoms with Gasteiger partial charge in [0.25, 0.3) is 0 Å². The second kappa shape index (κ2) is 4.74. The third-order valence-corrected chi connectivity index (χ3v) is 2.85. The van der Waals surface area contributed by atoms with Crippen LogP contribution < -0.4 is 5.32 Å². The van der Waals surface area contributed by atoms with E-state index in [4.69, 9.17) is 12.2 Å². The molecule has 0 aliphatic heterocycles. The van der Waals surface area contributed by atoms with Gasteiger partial charge < -0.3 is 5.32 Å². The van der Waals surface area contributed by atoms with Crippen LogP contribution in [0.5, 0.6) is 0 Å². The summed E-state index contributed by atoms with van der Waals surface area (Å²) in [6, 6.07) is 3.98. The average molecular weight is 262 g/mol. The van der Waals surface area contributed by atoms with Crippen molar-refractivity contribution in [1.82, 2.24) is 5.32 Å². The highest BCUT2D eigenvalue weighted by molar-refractivity contribution is 9.11. The minimum Gasteiger partial charge on any atom is -0.371 e. The highest BCUT2D eigenvalue weighted by Gasteiger charge is 1.99. The lowest BCUT2D eigenvalue weighted by atomic mass is 10.4. The van der Waals surface area contributed by atoms with E-state index in [0.717, 1.165) is 14.3 Å². The van der Waals surface area contributed by atoms with Crippen LogP contribution in [0.15, 0.2) is 28.6 Å². The third-order valence-electron chi connectivity index (χ3n) is 1.19. The van der Waals surface area contributed by atoms with Crippen molar-refractivity contribution in [3.63, 3.8) is 0 Å². The predicted octanol–water partition coefficient (Wildman–Crippen LogP) is 2.92. The van der Waals surface area contributed by atoms with Crippen LogP contribution in [-0.4, -0.2) is 11.5 Å². The Bertz CT molecular complexity index is 279. The van der Waals surface area contributed by atoms with Gasteiger partial charge in [0, 0.05) is 11.0 Å². The van der Waals surface area contributed by atoms with Crippen LogP contribution in [0.4, 0.5) is 0 Å². The van der Waals surface area contributed by atoms with E-state index in [1.165, 1.54) is 0 Å². The Balaban J connectivity index is 2.45. The maximum absolute atomic E-state index is 5.13. The van der Waals surface area contributed by atoms with Gasteiger partial charge in [0.05, 0.1) is 4.88 Å². The average Bonchev–Trinajstić information content (AvgIpc) is 2.51. The number of thiocarbonyl (C=S) groups is 1. The van der Waals surface area contributed by atoms with Gasteiger partial charge in [-0.1, -0.05) is 40.8 Å². The van der Waals surface area contributed by atoms with Crippen molar-refractivity contribution in [1.29, 1.82) is 0 Å². The topological polar surface area (TPSA) is 12.0 Å². The molecule has 1 nitrogen and oxygen atoms in total. The van der Waals surface area contributed by atoms with Crippen molar-refractivity contribution >= 4 is 44.5 Å². The molecule has 0 aliphatic rings. The Hall–Kier alpha value is -0.190. The smallest absolute Gasteiger partial charge is 0.116 e. The second-order valence-electron chi connectivity index (χ2n) is 2.18. The molecule has 0 fully saturated rings. The lowest BCUT2D eigenvalue weighted by Gasteiger charge is -2.03. The van der Waals surface area contributed by atoms with E-state index in [9.17, 15) is 0 Å². The van der Waals surface area contributed by atoms with Crippen LogP contribution in [0.2, 0.25) is 0 Å². The monoisotopic (exact) mass is 261 g/mol. The van der Waals surface area contributed by atoms with Crippen LogP contribution >= 0.6 is 39.5 Å². The molecule has 0 bridgehead atoms. The first-order valence-electron chi connectivity index (χ1n) is 3.35. The lowest BCUT2D eigenvalue weighted by Crippen LogP contribution is -2.22. The molecule has 0 radical (unpaired) electrons. The summed E-state index contributed by atoms with van der Waals surface area (Å²) in [5.74, 6) is 0. The molecular formula is C8H8BrNS2. The summed E-state index contributed by atoms with van der Waals surface area (Å²) >= 11 is 10.0. The fraction of sp³-hybridized carbons (Fsp3) is 0.125. The molecule has 4 heteroatoms. The summed E-state index contributed by atoms with van der Waals surface area (Å²) in [5, 5.41) is 5.09. The van der Waals surface area contributed by atoms with Crippen LogP contribution in [-0.2, 0) is 0 Å². The molecule has 0 aliphatic carbocycles. The van der Waals surface area contributed by atoms with Gasteiger partial charge in [-0.25, -0.2) is 0 Å². The van der Waals surface area contributed by atoms with Crippen LogP contribution in [0.3, 0.4) is 0 Å². The van der Waals surface area contributed by atoms with Crippen molar-refractivity contribution in [3.8, 4) is 0 Å². The Kier molecular flexibility index (Phi) is 3.91. The van der Waals surface area contributed by atoms with Gasteiger partial charge in [-0.15, -0.1) is 11.3 Å². The molecule has 0 unspecified atom stereocenters. The van der Waals surface area contributed by atoms with E-state index < -0.39 is 0 Å². The van der Waals surface area contributed by atoms with E-state index in [1.54, 1.807) is 11.3 Å². The molecule has 1 aromatic rings. The number of hydrogen-bond donors (Lipinski definition) is 1. The molecule has 0 amide bonds. The Morgan fingerprint density at radius 1 is 1.75 bits per heavy atom. The minimum atomic E-state index is 0.677. The number of rotatable bonds is 3. The molecule has 64 valence electrons. The summed E-state index contributed by atoms with van der Waals surface area (Å²) in [6.07, 6.45) is 0. The molecule has 0 saturated heterocycles. The summed E-state index contributed by atoms with van der Waals surface area (Å²) in [4.78, 5) is 1.88. The van der Waals surface area contributed by atoms with Crippen molar-refractivity contribution in [3.05, 3.63) is 33.5 Å². The standard InChI is InChI=1S/C8H8BrNS2/c1-6(9)5-10-8(11)7-3-2-4-12-7/h2-4H,1,5H2,(H,10,11). The van der Waals surface area contributed by atoms with Crippen molar-refractivity contribution in [2.75, 3.05) is 6.54 Å². The highest BCUT2D eigenvalue weighted by Crippen LogP contribution is 2.09. The zero-order valence-corrected chi connectivity index (χ0v) is 9.56. The van der Waals surface area contributed by atoms with Crippen LogP contribution in [0.25, 0.3) is 0 Å². The summed E-state index contributed by atoms with van der Waals surface area (Å²) in [6.45, 7) is 4.38. The Morgan fingerprint density at radius 3 is 3.00 bits per heavy atom. The van der Waals surface area contributed by atoms with Gasteiger partial charge in [-0.3, -0.25) is 0 Å². The molecule has 0 saturated carbocycles. The van der Waals surface area contributed by atoms with E-state index in [0.29, 0.717) is 6.54 Å². The van der Waals surface area contributed by atoms with E-state index in [-0.39, 0.29) is 0 Å². The number of nitrogens with one attached hydrogen (secondary N) is 1. The molecular weight excluding hydrogens is 254 g/mol. The second-order valence-corrected chi connectivity index (χ2v) is 4.65. The molecule has 1 N–H and O–H groups in total. The van der Waals surface area contributed by atoms with Crippen molar-refractivity contribution < 1.29 is 0 Å². The van der Waals surface area contributed by atoms with Crippen LogP contribution in [0.1, 0.15) is 4.88 Å². The Labute approximate surface area is 89.6 Å². The molecule has 1 heterocycles. The lowest BCUT2D eigenvalue weighted by molar-refractivity contribution is 1.06. The van der Waals surface area contributed by atoms with Gasteiger partial charge in [0.2, 0.25) is 0 Å². The number of hydrogen-bond acceptors (Lipinski definition) is 2. The maximum Gasteiger partial charge on any atom is 0.116 e.